The Labute approximate surface area is 150 Å². The maximum absolute atomic E-state index is 11.8. The lowest BCUT2D eigenvalue weighted by atomic mass is 10.1. The molecule has 0 radical (unpaired) electrons. The number of hydrogen-bond acceptors (Lipinski definition) is 4. The standard InChI is InChI=1S/C15H20INO4.ClH/c1-15(2,3)21-14(19)17-12(13(18)20-4)9-10-5-7-11(16)8-6-10;/h5-8,12H,9H2,1-4H3,(H,17,19);1H/t12-;/m1./s1. The van der Waals surface area contributed by atoms with Crippen LogP contribution in [-0.4, -0.2) is 30.8 Å². The number of nitrogens with one attached hydrogen (secondary N) is 1. The highest BCUT2D eigenvalue weighted by Crippen LogP contribution is 2.11. The zero-order valence-electron chi connectivity index (χ0n) is 13.0. The van der Waals surface area contributed by atoms with E-state index in [1.54, 1.807) is 20.8 Å². The molecule has 1 atom stereocenters. The average molecular weight is 442 g/mol. The van der Waals surface area contributed by atoms with Gasteiger partial charge in [0.25, 0.3) is 0 Å². The summed E-state index contributed by atoms with van der Waals surface area (Å²) in [4.78, 5) is 23.6. The van der Waals surface area contributed by atoms with Crippen LogP contribution in [0.5, 0.6) is 0 Å². The summed E-state index contributed by atoms with van der Waals surface area (Å²) in [5, 5.41) is 2.55. The minimum atomic E-state index is -0.773. The van der Waals surface area contributed by atoms with Crippen LogP contribution in [0.3, 0.4) is 0 Å². The van der Waals surface area contributed by atoms with Gasteiger partial charge in [0.05, 0.1) is 7.11 Å². The molecular weight excluding hydrogens is 421 g/mol. The Morgan fingerprint density at radius 1 is 1.23 bits per heavy atom. The molecule has 0 aliphatic rings. The maximum atomic E-state index is 11.8. The molecule has 0 saturated heterocycles. The van der Waals surface area contributed by atoms with Crippen molar-refractivity contribution < 1.29 is 19.1 Å². The van der Waals surface area contributed by atoms with E-state index in [-0.39, 0.29) is 12.4 Å². The second-order valence-corrected chi connectivity index (χ2v) is 6.80. The van der Waals surface area contributed by atoms with Crippen LogP contribution in [0.25, 0.3) is 0 Å². The second-order valence-electron chi connectivity index (χ2n) is 5.55. The third kappa shape index (κ3) is 7.84. The van der Waals surface area contributed by atoms with Crippen molar-refractivity contribution in [2.75, 3.05) is 7.11 Å². The molecule has 0 bridgehead atoms. The number of ether oxygens (including phenoxy) is 2. The van der Waals surface area contributed by atoms with Crippen molar-refractivity contribution in [3.63, 3.8) is 0 Å². The van der Waals surface area contributed by atoms with E-state index in [2.05, 4.69) is 27.9 Å². The Morgan fingerprint density at radius 2 is 1.77 bits per heavy atom. The minimum absolute atomic E-state index is 0. The topological polar surface area (TPSA) is 64.6 Å². The molecule has 0 saturated carbocycles. The number of amides is 1. The van der Waals surface area contributed by atoms with E-state index in [1.807, 2.05) is 24.3 Å². The molecule has 22 heavy (non-hydrogen) atoms. The first-order valence-corrected chi connectivity index (χ1v) is 7.61. The SMILES string of the molecule is COC(=O)[C@@H](Cc1ccc(I)cc1)NC(=O)OC(C)(C)C.Cl. The Morgan fingerprint density at radius 3 is 2.23 bits per heavy atom. The van der Waals surface area contributed by atoms with Gasteiger partial charge in [-0.25, -0.2) is 9.59 Å². The third-order valence-electron chi connectivity index (χ3n) is 2.53. The lowest BCUT2D eigenvalue weighted by Crippen LogP contribution is -2.45. The predicted octanol–water partition coefficient (Wildman–Crippen LogP) is 3.32. The zero-order chi connectivity index (χ0) is 16.0. The van der Waals surface area contributed by atoms with E-state index in [1.165, 1.54) is 7.11 Å². The molecule has 5 nitrogen and oxygen atoms in total. The third-order valence-corrected chi connectivity index (χ3v) is 3.25. The fraction of sp³-hybridized carbons (Fsp3) is 0.467. The smallest absolute Gasteiger partial charge is 0.408 e. The van der Waals surface area contributed by atoms with E-state index in [0.717, 1.165) is 9.13 Å². The number of halogens is 2. The van der Waals surface area contributed by atoms with Crippen LogP contribution in [0, 0.1) is 3.57 Å². The first-order chi connectivity index (χ1) is 9.71. The Kier molecular flexibility index (Phi) is 8.77. The van der Waals surface area contributed by atoms with Crippen molar-refractivity contribution in [2.24, 2.45) is 0 Å². The Bertz CT molecular complexity index is 499. The molecule has 0 fully saturated rings. The van der Waals surface area contributed by atoms with E-state index in [0.29, 0.717) is 6.42 Å². The second kappa shape index (κ2) is 9.19. The summed E-state index contributed by atoms with van der Waals surface area (Å²) in [6.07, 6.45) is -0.286. The monoisotopic (exact) mass is 441 g/mol. The summed E-state index contributed by atoms with van der Waals surface area (Å²) in [7, 11) is 1.29. The van der Waals surface area contributed by atoms with Gasteiger partial charge in [-0.05, 0) is 61.1 Å². The molecule has 124 valence electrons. The number of carbonyl (C=O) groups is 2. The summed E-state index contributed by atoms with van der Waals surface area (Å²) in [6.45, 7) is 5.29. The van der Waals surface area contributed by atoms with Gasteiger partial charge in [0.15, 0.2) is 0 Å². The first kappa shape index (κ1) is 21.0. The van der Waals surface area contributed by atoms with E-state index in [4.69, 9.17) is 9.47 Å². The Balaban J connectivity index is 0.00000441. The highest BCUT2D eigenvalue weighted by atomic mass is 127. The highest BCUT2D eigenvalue weighted by Gasteiger charge is 2.25. The van der Waals surface area contributed by atoms with Gasteiger partial charge >= 0.3 is 12.1 Å². The van der Waals surface area contributed by atoms with Crippen LogP contribution in [0.4, 0.5) is 4.79 Å². The summed E-state index contributed by atoms with van der Waals surface area (Å²) < 4.78 is 11.0. The van der Waals surface area contributed by atoms with Crippen LogP contribution in [0.15, 0.2) is 24.3 Å². The van der Waals surface area contributed by atoms with Gasteiger partial charge in [-0.3, -0.25) is 0 Å². The molecule has 0 aliphatic carbocycles. The number of carbonyl (C=O) groups excluding carboxylic acids is 2. The van der Waals surface area contributed by atoms with Crippen molar-refractivity contribution in [3.05, 3.63) is 33.4 Å². The first-order valence-electron chi connectivity index (χ1n) is 6.53. The summed E-state index contributed by atoms with van der Waals surface area (Å²) >= 11 is 2.20. The summed E-state index contributed by atoms with van der Waals surface area (Å²) in [6, 6.07) is 6.93. The van der Waals surface area contributed by atoms with Gasteiger partial charge in [-0.1, -0.05) is 12.1 Å². The van der Waals surface area contributed by atoms with Gasteiger partial charge < -0.3 is 14.8 Å². The lowest BCUT2D eigenvalue weighted by Gasteiger charge is -2.22. The van der Waals surface area contributed by atoms with Gasteiger partial charge in [0, 0.05) is 9.99 Å². The number of hydrogen-bond donors (Lipinski definition) is 1. The number of benzene rings is 1. The van der Waals surface area contributed by atoms with Crippen molar-refractivity contribution in [2.45, 2.75) is 38.8 Å². The van der Waals surface area contributed by atoms with E-state index in [9.17, 15) is 9.59 Å². The molecular formula is C15H21ClINO4. The fourth-order valence-electron chi connectivity index (χ4n) is 1.64. The normalized spacial score (nSPS) is 11.9. The van der Waals surface area contributed by atoms with Gasteiger partial charge in [0.1, 0.15) is 11.6 Å². The lowest BCUT2D eigenvalue weighted by molar-refractivity contribution is -0.143. The molecule has 1 N–H and O–H groups in total. The summed E-state index contributed by atoms with van der Waals surface area (Å²) in [5.41, 5.74) is 0.315. The number of methoxy groups -OCH3 is 1. The van der Waals surface area contributed by atoms with Crippen molar-refractivity contribution >= 4 is 47.1 Å². The fourth-order valence-corrected chi connectivity index (χ4v) is 2.00. The van der Waals surface area contributed by atoms with Crippen molar-refractivity contribution in [1.29, 1.82) is 0 Å². The summed E-state index contributed by atoms with van der Waals surface area (Å²) in [5.74, 6) is -0.501. The molecule has 1 aromatic carbocycles. The van der Waals surface area contributed by atoms with E-state index >= 15 is 0 Å². The van der Waals surface area contributed by atoms with Crippen molar-refractivity contribution in [1.82, 2.24) is 5.32 Å². The maximum Gasteiger partial charge on any atom is 0.408 e. The van der Waals surface area contributed by atoms with Crippen LogP contribution < -0.4 is 5.32 Å². The number of esters is 1. The molecule has 1 rings (SSSR count). The van der Waals surface area contributed by atoms with Crippen LogP contribution in [0.2, 0.25) is 0 Å². The van der Waals surface area contributed by atoms with E-state index < -0.39 is 23.7 Å². The van der Waals surface area contributed by atoms with Crippen LogP contribution in [-0.2, 0) is 20.7 Å². The minimum Gasteiger partial charge on any atom is -0.467 e. The molecule has 1 amide bonds. The predicted molar refractivity (Wildman–Crippen MR) is 95.3 cm³/mol. The molecule has 0 aromatic heterocycles. The molecule has 0 unspecified atom stereocenters. The van der Waals surface area contributed by atoms with Crippen LogP contribution >= 0.6 is 35.0 Å². The van der Waals surface area contributed by atoms with Gasteiger partial charge in [0.2, 0.25) is 0 Å². The van der Waals surface area contributed by atoms with Crippen molar-refractivity contribution in [3.8, 4) is 0 Å². The number of rotatable bonds is 4. The van der Waals surface area contributed by atoms with Crippen LogP contribution in [0.1, 0.15) is 26.3 Å². The highest BCUT2D eigenvalue weighted by molar-refractivity contribution is 14.1. The molecule has 0 heterocycles. The largest absolute Gasteiger partial charge is 0.467 e. The Hall–Kier alpha value is -1.02. The molecule has 0 aliphatic heterocycles. The zero-order valence-corrected chi connectivity index (χ0v) is 16.0. The quantitative estimate of drug-likeness (QED) is 0.575. The average Bonchev–Trinajstić information content (AvgIpc) is 2.37. The molecule has 1 aromatic rings. The van der Waals surface area contributed by atoms with Gasteiger partial charge in [-0.15, -0.1) is 12.4 Å². The molecule has 7 heteroatoms. The van der Waals surface area contributed by atoms with Gasteiger partial charge in [-0.2, -0.15) is 0 Å². The number of alkyl carbamates (subject to hydrolysis) is 1. The molecule has 0 spiro atoms.